The summed E-state index contributed by atoms with van der Waals surface area (Å²) in [5, 5.41) is 6.24. The zero-order valence-electron chi connectivity index (χ0n) is 22.6. The molecule has 9 heteroatoms. The molecule has 0 N–H and O–H groups in total. The minimum absolute atomic E-state index is 0.159. The van der Waals surface area contributed by atoms with E-state index in [1.165, 1.54) is 9.91 Å². The van der Waals surface area contributed by atoms with E-state index in [9.17, 15) is 9.59 Å². The molecule has 9 nitrogen and oxygen atoms in total. The van der Waals surface area contributed by atoms with Crippen molar-refractivity contribution in [3.05, 3.63) is 89.5 Å². The smallest absolute Gasteiger partial charge is 0.262 e. The third-order valence-corrected chi connectivity index (χ3v) is 6.59. The number of hydrazone groups is 1. The second kappa shape index (κ2) is 12.9. The molecule has 1 heterocycles. The highest BCUT2D eigenvalue weighted by Crippen LogP contribution is 2.36. The molecule has 0 fully saturated rings. The van der Waals surface area contributed by atoms with Gasteiger partial charge in [-0.05, 0) is 42.0 Å². The van der Waals surface area contributed by atoms with Crippen molar-refractivity contribution in [1.29, 1.82) is 0 Å². The van der Waals surface area contributed by atoms with E-state index in [4.69, 9.17) is 24.0 Å². The maximum Gasteiger partial charge on any atom is 0.262 e. The second-order valence-corrected chi connectivity index (χ2v) is 8.93. The molecule has 0 aliphatic carbocycles. The molecular formula is C30H33N3O6. The number of amides is 2. The Balaban J connectivity index is 1.64. The molecule has 0 bridgehead atoms. The van der Waals surface area contributed by atoms with Crippen LogP contribution in [0.2, 0.25) is 0 Å². The Bertz CT molecular complexity index is 1310. The van der Waals surface area contributed by atoms with Crippen LogP contribution in [0.1, 0.15) is 33.9 Å². The van der Waals surface area contributed by atoms with Crippen LogP contribution in [0.4, 0.5) is 0 Å². The number of ether oxygens (including phenoxy) is 4. The molecular weight excluding hydrogens is 498 g/mol. The van der Waals surface area contributed by atoms with E-state index in [1.54, 1.807) is 58.8 Å². The van der Waals surface area contributed by atoms with Gasteiger partial charge in [0, 0.05) is 37.3 Å². The summed E-state index contributed by atoms with van der Waals surface area (Å²) in [4.78, 5) is 28.6. The Labute approximate surface area is 228 Å². The van der Waals surface area contributed by atoms with E-state index in [0.29, 0.717) is 34.9 Å². The van der Waals surface area contributed by atoms with Crippen molar-refractivity contribution in [2.45, 2.75) is 12.5 Å². The Hall–Kier alpha value is -4.37. The Kier molecular flexibility index (Phi) is 9.17. The summed E-state index contributed by atoms with van der Waals surface area (Å²) in [5.74, 6) is 1.33. The number of methoxy groups -OCH3 is 4. The van der Waals surface area contributed by atoms with Gasteiger partial charge in [-0.25, -0.2) is 5.01 Å². The number of carbonyl (C=O) groups is 2. The third-order valence-electron chi connectivity index (χ3n) is 6.59. The molecule has 0 saturated heterocycles. The molecule has 1 aliphatic rings. The van der Waals surface area contributed by atoms with E-state index in [0.717, 1.165) is 11.1 Å². The molecule has 3 aromatic rings. The van der Waals surface area contributed by atoms with Crippen molar-refractivity contribution < 1.29 is 28.5 Å². The zero-order chi connectivity index (χ0) is 27.8. The SMILES string of the molecule is COCCN(CC(=O)N1N=C(c2ccc(OC)cc2OC)CC1c1ccccc1)C(=O)c1ccc(OC)cc1. The van der Waals surface area contributed by atoms with Crippen molar-refractivity contribution in [2.75, 3.05) is 48.1 Å². The lowest BCUT2D eigenvalue weighted by Crippen LogP contribution is -2.42. The van der Waals surface area contributed by atoms with Crippen molar-refractivity contribution in [3.8, 4) is 17.2 Å². The van der Waals surface area contributed by atoms with Gasteiger partial charge in [-0.1, -0.05) is 30.3 Å². The molecule has 0 saturated carbocycles. The van der Waals surface area contributed by atoms with Gasteiger partial charge in [-0.3, -0.25) is 9.59 Å². The van der Waals surface area contributed by atoms with Crippen molar-refractivity contribution in [1.82, 2.24) is 9.91 Å². The van der Waals surface area contributed by atoms with Crippen molar-refractivity contribution in [2.24, 2.45) is 5.10 Å². The monoisotopic (exact) mass is 531 g/mol. The third kappa shape index (κ3) is 6.38. The zero-order valence-corrected chi connectivity index (χ0v) is 22.6. The van der Waals surface area contributed by atoms with Gasteiger partial charge in [0.25, 0.3) is 11.8 Å². The van der Waals surface area contributed by atoms with Gasteiger partial charge in [0.2, 0.25) is 0 Å². The predicted octanol–water partition coefficient (Wildman–Crippen LogP) is 4.18. The highest BCUT2D eigenvalue weighted by molar-refractivity contribution is 6.05. The number of carbonyl (C=O) groups excluding carboxylic acids is 2. The lowest BCUT2D eigenvalue weighted by atomic mass is 9.98. The van der Waals surface area contributed by atoms with Crippen LogP contribution < -0.4 is 14.2 Å². The van der Waals surface area contributed by atoms with E-state index < -0.39 is 0 Å². The van der Waals surface area contributed by atoms with Crippen LogP contribution >= 0.6 is 0 Å². The van der Waals surface area contributed by atoms with Gasteiger partial charge in [0.05, 0.1) is 39.7 Å². The number of hydrogen-bond donors (Lipinski definition) is 0. The maximum atomic E-state index is 13.8. The fraction of sp³-hybridized carbons (Fsp3) is 0.300. The highest BCUT2D eigenvalue weighted by atomic mass is 16.5. The molecule has 1 unspecified atom stereocenters. The average Bonchev–Trinajstić information content (AvgIpc) is 3.44. The number of hydrogen-bond acceptors (Lipinski definition) is 7. The fourth-order valence-corrected chi connectivity index (χ4v) is 4.48. The largest absolute Gasteiger partial charge is 0.497 e. The second-order valence-electron chi connectivity index (χ2n) is 8.93. The van der Waals surface area contributed by atoms with E-state index in [2.05, 4.69) is 0 Å². The molecule has 1 atom stereocenters. The summed E-state index contributed by atoms with van der Waals surface area (Å²) in [6.07, 6.45) is 0.489. The normalized spacial score (nSPS) is 14.5. The lowest BCUT2D eigenvalue weighted by molar-refractivity contribution is -0.133. The van der Waals surface area contributed by atoms with Gasteiger partial charge in [0.1, 0.15) is 23.8 Å². The molecule has 39 heavy (non-hydrogen) atoms. The Morgan fingerprint density at radius 3 is 2.23 bits per heavy atom. The number of benzene rings is 3. The first-order chi connectivity index (χ1) is 19.0. The summed E-state index contributed by atoms with van der Waals surface area (Å²) >= 11 is 0. The molecule has 4 rings (SSSR count). The fourth-order valence-electron chi connectivity index (χ4n) is 4.48. The number of nitrogens with zero attached hydrogens (tertiary/aromatic N) is 3. The summed E-state index contributed by atoms with van der Waals surface area (Å²) in [6.45, 7) is 0.378. The van der Waals surface area contributed by atoms with Gasteiger partial charge in [-0.15, -0.1) is 0 Å². The molecule has 1 aliphatic heterocycles. The Morgan fingerprint density at radius 1 is 0.897 bits per heavy atom. The van der Waals surface area contributed by atoms with E-state index in [1.807, 2.05) is 42.5 Å². The van der Waals surface area contributed by atoms with Crippen LogP contribution in [-0.4, -0.2) is 75.6 Å². The average molecular weight is 532 g/mol. The molecule has 3 aromatic carbocycles. The van der Waals surface area contributed by atoms with Crippen LogP contribution in [0.5, 0.6) is 17.2 Å². The molecule has 0 spiro atoms. The van der Waals surface area contributed by atoms with Crippen LogP contribution in [0.25, 0.3) is 0 Å². The minimum atomic E-state index is -0.333. The quantitative estimate of drug-likeness (QED) is 0.369. The first-order valence-electron chi connectivity index (χ1n) is 12.6. The van der Waals surface area contributed by atoms with Gasteiger partial charge in [-0.2, -0.15) is 5.10 Å². The van der Waals surface area contributed by atoms with Gasteiger partial charge >= 0.3 is 0 Å². The summed E-state index contributed by atoms with van der Waals surface area (Å²) in [7, 11) is 6.30. The molecule has 204 valence electrons. The first kappa shape index (κ1) is 27.7. The standard InChI is InChI=1S/C30H33N3O6/c1-36-17-16-32(30(35)22-10-12-23(37-2)13-11-22)20-29(34)33-27(21-8-6-5-7-9-21)19-26(31-33)25-15-14-24(38-3)18-28(25)39-4/h5-15,18,27H,16-17,19-20H2,1-4H3. The lowest BCUT2D eigenvalue weighted by Gasteiger charge is -2.27. The topological polar surface area (TPSA) is 89.9 Å². The first-order valence-corrected chi connectivity index (χ1v) is 12.6. The van der Waals surface area contributed by atoms with Crippen molar-refractivity contribution in [3.63, 3.8) is 0 Å². The van der Waals surface area contributed by atoms with Gasteiger partial charge in [0.15, 0.2) is 0 Å². The van der Waals surface area contributed by atoms with Crippen LogP contribution in [-0.2, 0) is 9.53 Å². The van der Waals surface area contributed by atoms with E-state index in [-0.39, 0.29) is 37.6 Å². The summed E-state index contributed by atoms with van der Waals surface area (Å²) < 4.78 is 21.4. The van der Waals surface area contributed by atoms with E-state index >= 15 is 0 Å². The Morgan fingerprint density at radius 2 is 1.59 bits per heavy atom. The van der Waals surface area contributed by atoms with Crippen LogP contribution in [0.15, 0.2) is 77.9 Å². The van der Waals surface area contributed by atoms with Gasteiger partial charge < -0.3 is 23.8 Å². The molecule has 0 aromatic heterocycles. The predicted molar refractivity (Wildman–Crippen MR) is 148 cm³/mol. The number of rotatable bonds is 11. The highest BCUT2D eigenvalue weighted by Gasteiger charge is 2.35. The minimum Gasteiger partial charge on any atom is -0.497 e. The maximum absolute atomic E-state index is 13.8. The van der Waals surface area contributed by atoms with Crippen LogP contribution in [0.3, 0.4) is 0 Å². The molecule has 0 radical (unpaired) electrons. The summed E-state index contributed by atoms with van der Waals surface area (Å²) in [6, 6.07) is 21.7. The molecule has 2 amide bonds. The van der Waals surface area contributed by atoms with Crippen molar-refractivity contribution >= 4 is 17.5 Å². The summed E-state index contributed by atoms with van der Waals surface area (Å²) in [5.41, 5.74) is 2.89. The van der Waals surface area contributed by atoms with Crippen LogP contribution in [0, 0.1) is 0 Å².